The Bertz CT molecular complexity index is 213. The van der Waals surface area contributed by atoms with Gasteiger partial charge in [-0.05, 0) is 6.92 Å². The van der Waals surface area contributed by atoms with Gasteiger partial charge in [-0.2, -0.15) is 0 Å². The minimum Gasteiger partial charge on any atom is -0.409 e. The lowest BCUT2D eigenvalue weighted by Gasteiger charge is -2.11. The molecule has 0 radical (unpaired) electrons. The second kappa shape index (κ2) is 8.73. The Kier molecular flexibility index (Phi) is 8.19. The summed E-state index contributed by atoms with van der Waals surface area (Å²) < 4.78 is 0. The molecule has 0 aliphatic rings. The Morgan fingerprint density at radius 2 is 2.50 bits per heavy atom. The van der Waals surface area contributed by atoms with Crippen molar-refractivity contribution in [1.29, 1.82) is 0 Å². The highest BCUT2D eigenvalue weighted by atomic mass is 32.2. The summed E-state index contributed by atoms with van der Waals surface area (Å²) in [4.78, 5) is 0. The Morgan fingerprint density at radius 1 is 1.79 bits per heavy atom. The zero-order valence-corrected chi connectivity index (χ0v) is 9.18. The molecule has 80 valence electrons. The number of oxime groups is 1. The van der Waals surface area contributed by atoms with Gasteiger partial charge in [0.25, 0.3) is 0 Å². The van der Waals surface area contributed by atoms with Crippen molar-refractivity contribution in [2.24, 2.45) is 10.9 Å². The molecule has 0 aliphatic heterocycles. The number of nitrogens with one attached hydrogen (secondary N) is 1. The fraction of sp³-hybridized carbons (Fsp3) is 0.667. The Hall–Kier alpha value is -0.860. The Morgan fingerprint density at radius 3 is 3.07 bits per heavy atom. The molecule has 0 aromatic rings. The summed E-state index contributed by atoms with van der Waals surface area (Å²) in [5, 5.41) is 14.5. The average molecular weight is 215 g/mol. The third-order valence-electron chi connectivity index (χ3n) is 1.57. The first kappa shape index (κ1) is 13.1. The first-order valence-corrected chi connectivity index (χ1v) is 5.57. The summed E-state index contributed by atoms with van der Waals surface area (Å²) in [7, 11) is 0. The first-order valence-electron chi connectivity index (χ1n) is 4.41. The van der Waals surface area contributed by atoms with Crippen molar-refractivity contribution in [1.82, 2.24) is 5.32 Å². The molecule has 14 heavy (non-hydrogen) atoms. The van der Waals surface area contributed by atoms with Gasteiger partial charge in [-0.3, -0.25) is 0 Å². The van der Waals surface area contributed by atoms with Crippen molar-refractivity contribution >= 4 is 17.6 Å². The predicted molar refractivity (Wildman–Crippen MR) is 61.6 cm³/mol. The Balaban J connectivity index is 3.36. The molecule has 1 unspecified atom stereocenters. The fourth-order valence-electron chi connectivity index (χ4n) is 0.935. The molecule has 0 heterocycles. The highest BCUT2D eigenvalue weighted by Gasteiger charge is 2.03. The minimum absolute atomic E-state index is 0.220. The molecule has 0 saturated heterocycles. The van der Waals surface area contributed by atoms with E-state index in [-0.39, 0.29) is 11.9 Å². The molecule has 0 bridgehead atoms. The number of rotatable bonds is 7. The third-order valence-corrected chi connectivity index (χ3v) is 2.43. The molecule has 5 heteroatoms. The van der Waals surface area contributed by atoms with Crippen LogP contribution in [0.4, 0.5) is 0 Å². The van der Waals surface area contributed by atoms with E-state index in [2.05, 4.69) is 16.4 Å². The van der Waals surface area contributed by atoms with Gasteiger partial charge >= 0.3 is 0 Å². The molecule has 0 aliphatic carbocycles. The minimum atomic E-state index is 0.220. The lowest BCUT2D eigenvalue weighted by molar-refractivity contribution is 0.316. The summed E-state index contributed by atoms with van der Waals surface area (Å²) >= 11 is 1.71. The number of amidine groups is 1. The summed E-state index contributed by atoms with van der Waals surface area (Å²) in [5.74, 6) is 4.53. The Labute approximate surface area is 89.3 Å². The summed E-state index contributed by atoms with van der Waals surface area (Å²) in [6.45, 7) is 2.87. The first-order chi connectivity index (χ1) is 6.70. The van der Waals surface area contributed by atoms with Crippen molar-refractivity contribution in [2.75, 3.05) is 18.1 Å². The van der Waals surface area contributed by atoms with Crippen LogP contribution in [0.3, 0.4) is 0 Å². The molecule has 0 spiro atoms. The van der Waals surface area contributed by atoms with Gasteiger partial charge in [-0.25, -0.2) is 0 Å². The van der Waals surface area contributed by atoms with E-state index in [0.29, 0.717) is 6.42 Å². The second-order valence-corrected chi connectivity index (χ2v) is 4.01. The standard InChI is InChI=1S/C9H17N3OS/c1-3-5-14-6-4-11-8(2)7-9(10)12-13/h1,8,11,13H,4-7H2,2H3,(H2,10,12). The van der Waals surface area contributed by atoms with Crippen LogP contribution in [0.25, 0.3) is 0 Å². The second-order valence-electron chi connectivity index (χ2n) is 2.91. The molecule has 0 rings (SSSR count). The maximum Gasteiger partial charge on any atom is 0.140 e. The number of nitrogens with two attached hydrogens (primary N) is 1. The smallest absolute Gasteiger partial charge is 0.140 e. The van der Waals surface area contributed by atoms with E-state index in [0.717, 1.165) is 18.1 Å². The number of hydrogen-bond acceptors (Lipinski definition) is 4. The van der Waals surface area contributed by atoms with Gasteiger partial charge in [0.1, 0.15) is 5.84 Å². The quantitative estimate of drug-likeness (QED) is 0.144. The molecule has 0 aromatic heterocycles. The van der Waals surface area contributed by atoms with E-state index < -0.39 is 0 Å². The highest BCUT2D eigenvalue weighted by molar-refractivity contribution is 7.99. The van der Waals surface area contributed by atoms with Crippen molar-refractivity contribution in [3.8, 4) is 12.3 Å². The van der Waals surface area contributed by atoms with E-state index in [1.165, 1.54) is 0 Å². The lowest BCUT2D eigenvalue weighted by Crippen LogP contribution is -2.32. The van der Waals surface area contributed by atoms with E-state index in [9.17, 15) is 0 Å². The predicted octanol–water partition coefficient (Wildman–Crippen LogP) is 0.467. The molecule has 0 aromatic carbocycles. The summed E-state index contributed by atoms with van der Waals surface area (Å²) in [6.07, 6.45) is 5.66. The van der Waals surface area contributed by atoms with Crippen LogP contribution in [-0.4, -0.2) is 35.1 Å². The van der Waals surface area contributed by atoms with Gasteiger partial charge in [0.15, 0.2) is 0 Å². The monoisotopic (exact) mass is 215 g/mol. The number of terminal acetylenes is 1. The van der Waals surface area contributed by atoms with Crippen LogP contribution in [0, 0.1) is 12.3 Å². The largest absolute Gasteiger partial charge is 0.409 e. The third kappa shape index (κ3) is 7.77. The van der Waals surface area contributed by atoms with E-state index in [1.807, 2.05) is 6.92 Å². The molecule has 0 fully saturated rings. The molecule has 4 nitrogen and oxygen atoms in total. The van der Waals surface area contributed by atoms with E-state index in [4.69, 9.17) is 17.4 Å². The normalized spacial score (nSPS) is 13.6. The van der Waals surface area contributed by atoms with Gasteiger partial charge in [0.05, 0.1) is 5.75 Å². The van der Waals surface area contributed by atoms with Gasteiger partial charge in [0, 0.05) is 24.8 Å². The van der Waals surface area contributed by atoms with Crippen LogP contribution in [0.15, 0.2) is 5.16 Å². The lowest BCUT2D eigenvalue weighted by atomic mass is 10.2. The molecular formula is C9H17N3OS. The molecule has 0 saturated carbocycles. The van der Waals surface area contributed by atoms with Crippen molar-refractivity contribution < 1.29 is 5.21 Å². The van der Waals surface area contributed by atoms with Crippen LogP contribution in [-0.2, 0) is 0 Å². The van der Waals surface area contributed by atoms with Gasteiger partial charge in [-0.1, -0.05) is 11.1 Å². The van der Waals surface area contributed by atoms with Gasteiger partial charge in [0.2, 0.25) is 0 Å². The van der Waals surface area contributed by atoms with Gasteiger partial charge < -0.3 is 16.3 Å². The number of hydrogen-bond donors (Lipinski definition) is 3. The molecule has 1 atom stereocenters. The maximum absolute atomic E-state index is 8.33. The van der Waals surface area contributed by atoms with E-state index >= 15 is 0 Å². The SMILES string of the molecule is C#CCSCCNC(C)CC(N)=NO. The van der Waals surface area contributed by atoms with Crippen molar-refractivity contribution in [3.05, 3.63) is 0 Å². The van der Waals surface area contributed by atoms with E-state index in [1.54, 1.807) is 11.8 Å². The van der Waals surface area contributed by atoms with Crippen LogP contribution in [0.2, 0.25) is 0 Å². The molecule has 4 N–H and O–H groups in total. The number of nitrogens with zero attached hydrogens (tertiary/aromatic N) is 1. The van der Waals surface area contributed by atoms with Crippen LogP contribution in [0.1, 0.15) is 13.3 Å². The number of thioether (sulfide) groups is 1. The topological polar surface area (TPSA) is 70.6 Å². The summed E-state index contributed by atoms with van der Waals surface area (Å²) in [6, 6.07) is 0.220. The van der Waals surface area contributed by atoms with Crippen molar-refractivity contribution in [2.45, 2.75) is 19.4 Å². The fourth-order valence-corrected chi connectivity index (χ4v) is 1.46. The maximum atomic E-state index is 8.33. The average Bonchev–Trinajstić information content (AvgIpc) is 2.17. The molecule has 0 amide bonds. The zero-order valence-electron chi connectivity index (χ0n) is 8.36. The molecular weight excluding hydrogens is 198 g/mol. The zero-order chi connectivity index (χ0) is 10.8. The van der Waals surface area contributed by atoms with Crippen LogP contribution >= 0.6 is 11.8 Å². The summed E-state index contributed by atoms with van der Waals surface area (Å²) in [5.41, 5.74) is 5.35. The van der Waals surface area contributed by atoms with Gasteiger partial charge in [-0.15, -0.1) is 18.2 Å². The highest BCUT2D eigenvalue weighted by Crippen LogP contribution is 1.97. The van der Waals surface area contributed by atoms with Crippen LogP contribution < -0.4 is 11.1 Å². The van der Waals surface area contributed by atoms with Crippen molar-refractivity contribution in [3.63, 3.8) is 0 Å². The van der Waals surface area contributed by atoms with Crippen LogP contribution in [0.5, 0.6) is 0 Å².